The quantitative estimate of drug-likeness (QED) is 0.559. The SMILES string of the molecule is CCNC(=NCCS(=O)(=O)C(C)(C)C)NC1CCCN(c2ccc(C)cc2)C1. The van der Waals surface area contributed by atoms with Crippen LogP contribution in [0.5, 0.6) is 0 Å². The molecule has 1 aromatic carbocycles. The lowest BCUT2D eigenvalue weighted by molar-refractivity contribution is 0.468. The number of rotatable bonds is 6. The number of sulfone groups is 1. The molecule has 1 aliphatic rings. The van der Waals surface area contributed by atoms with E-state index in [0.717, 1.165) is 32.5 Å². The van der Waals surface area contributed by atoms with Crippen LogP contribution in [-0.2, 0) is 9.84 Å². The van der Waals surface area contributed by atoms with E-state index >= 15 is 0 Å². The standard InChI is InChI=1S/C21H36N4O2S/c1-6-22-20(23-13-15-28(26,27)21(3,4)5)24-18-8-7-14-25(16-18)19-11-9-17(2)10-12-19/h9-12,18H,6-8,13-16H2,1-5H3,(H2,22,23,24). The third kappa shape index (κ3) is 6.40. The average molecular weight is 409 g/mol. The molecule has 0 aromatic heterocycles. The van der Waals surface area contributed by atoms with Gasteiger partial charge in [-0.3, -0.25) is 4.99 Å². The molecule has 0 aliphatic carbocycles. The zero-order valence-electron chi connectivity index (χ0n) is 18.0. The highest BCUT2D eigenvalue weighted by Crippen LogP contribution is 2.20. The number of aliphatic imine (C=N–C) groups is 1. The molecule has 2 N–H and O–H groups in total. The van der Waals surface area contributed by atoms with Gasteiger partial charge in [0.2, 0.25) is 0 Å². The Morgan fingerprint density at radius 2 is 1.93 bits per heavy atom. The van der Waals surface area contributed by atoms with Gasteiger partial charge in [0.25, 0.3) is 0 Å². The lowest BCUT2D eigenvalue weighted by atomic mass is 10.0. The maximum Gasteiger partial charge on any atom is 0.191 e. The number of piperidine rings is 1. The first-order valence-electron chi connectivity index (χ1n) is 10.2. The molecule has 158 valence electrons. The molecule has 1 atom stereocenters. The van der Waals surface area contributed by atoms with Gasteiger partial charge in [-0.25, -0.2) is 8.42 Å². The predicted molar refractivity (Wildman–Crippen MR) is 119 cm³/mol. The first-order valence-corrected chi connectivity index (χ1v) is 11.9. The van der Waals surface area contributed by atoms with Crippen LogP contribution in [0, 0.1) is 6.92 Å². The van der Waals surface area contributed by atoms with Crippen LogP contribution < -0.4 is 15.5 Å². The van der Waals surface area contributed by atoms with Crippen molar-refractivity contribution in [3.8, 4) is 0 Å². The maximum atomic E-state index is 12.3. The van der Waals surface area contributed by atoms with Gasteiger partial charge in [0.15, 0.2) is 15.8 Å². The van der Waals surface area contributed by atoms with E-state index in [1.54, 1.807) is 20.8 Å². The predicted octanol–water partition coefficient (Wildman–Crippen LogP) is 2.73. The van der Waals surface area contributed by atoms with Crippen molar-refractivity contribution in [2.45, 2.75) is 58.2 Å². The lowest BCUT2D eigenvalue weighted by Gasteiger charge is -2.35. The summed E-state index contributed by atoms with van der Waals surface area (Å²) in [5.74, 6) is 0.759. The van der Waals surface area contributed by atoms with E-state index in [1.165, 1.54) is 11.3 Å². The van der Waals surface area contributed by atoms with Crippen LogP contribution >= 0.6 is 0 Å². The van der Waals surface area contributed by atoms with E-state index in [9.17, 15) is 8.42 Å². The number of aryl methyl sites for hydroxylation is 1. The molecule has 1 aromatic rings. The van der Waals surface area contributed by atoms with Gasteiger partial charge in [0.05, 0.1) is 17.0 Å². The lowest BCUT2D eigenvalue weighted by Crippen LogP contribution is -2.51. The third-order valence-corrected chi connectivity index (χ3v) is 7.65. The summed E-state index contributed by atoms with van der Waals surface area (Å²) in [7, 11) is -3.16. The highest BCUT2D eigenvalue weighted by Gasteiger charge is 2.28. The Bertz CT molecular complexity index is 752. The Kier molecular flexibility index (Phi) is 7.75. The van der Waals surface area contributed by atoms with Crippen molar-refractivity contribution in [1.29, 1.82) is 0 Å². The van der Waals surface area contributed by atoms with Crippen molar-refractivity contribution < 1.29 is 8.42 Å². The normalized spacial score (nSPS) is 18.8. The summed E-state index contributed by atoms with van der Waals surface area (Å²) in [5.41, 5.74) is 2.51. The summed E-state index contributed by atoms with van der Waals surface area (Å²) < 4.78 is 23.8. The van der Waals surface area contributed by atoms with Crippen molar-refractivity contribution in [3.05, 3.63) is 29.8 Å². The van der Waals surface area contributed by atoms with E-state index < -0.39 is 14.6 Å². The highest BCUT2D eigenvalue weighted by atomic mass is 32.2. The first-order chi connectivity index (χ1) is 13.1. The fourth-order valence-electron chi connectivity index (χ4n) is 3.18. The number of anilines is 1. The molecule has 1 saturated heterocycles. The Balaban J connectivity index is 1.97. The second-order valence-corrected chi connectivity index (χ2v) is 11.3. The second kappa shape index (κ2) is 9.63. The Hall–Kier alpha value is -1.76. The largest absolute Gasteiger partial charge is 0.369 e. The van der Waals surface area contributed by atoms with Gasteiger partial charge >= 0.3 is 0 Å². The van der Waals surface area contributed by atoms with Gasteiger partial charge in [-0.15, -0.1) is 0 Å². The Morgan fingerprint density at radius 3 is 2.54 bits per heavy atom. The molecule has 0 radical (unpaired) electrons. The number of guanidine groups is 1. The minimum absolute atomic E-state index is 0.0627. The summed E-state index contributed by atoms with van der Waals surface area (Å²) in [6, 6.07) is 8.93. The molecule has 28 heavy (non-hydrogen) atoms. The van der Waals surface area contributed by atoms with Gasteiger partial charge in [-0.05, 0) is 59.6 Å². The molecule has 1 fully saturated rings. The van der Waals surface area contributed by atoms with E-state index in [0.29, 0.717) is 5.96 Å². The van der Waals surface area contributed by atoms with Crippen LogP contribution in [0.3, 0.4) is 0 Å². The molecule has 0 amide bonds. The number of nitrogens with one attached hydrogen (secondary N) is 2. The molecule has 6 nitrogen and oxygen atoms in total. The molecule has 0 saturated carbocycles. The smallest absolute Gasteiger partial charge is 0.191 e. The van der Waals surface area contributed by atoms with Crippen molar-refractivity contribution >= 4 is 21.5 Å². The van der Waals surface area contributed by atoms with Crippen LogP contribution in [0.25, 0.3) is 0 Å². The second-order valence-electron chi connectivity index (χ2n) is 8.46. The maximum absolute atomic E-state index is 12.3. The zero-order chi connectivity index (χ0) is 20.8. The number of hydrogen-bond donors (Lipinski definition) is 2. The molecular weight excluding hydrogens is 372 g/mol. The summed E-state index contributed by atoms with van der Waals surface area (Å²) >= 11 is 0. The van der Waals surface area contributed by atoms with Crippen molar-refractivity contribution in [1.82, 2.24) is 10.6 Å². The van der Waals surface area contributed by atoms with Gasteiger partial charge < -0.3 is 15.5 Å². The van der Waals surface area contributed by atoms with Crippen molar-refractivity contribution in [2.75, 3.05) is 36.8 Å². The highest BCUT2D eigenvalue weighted by molar-refractivity contribution is 7.92. The third-order valence-electron chi connectivity index (χ3n) is 5.07. The van der Waals surface area contributed by atoms with Gasteiger partial charge in [0.1, 0.15) is 0 Å². The number of benzene rings is 1. The molecular formula is C21H36N4O2S. The minimum atomic E-state index is -3.16. The zero-order valence-corrected chi connectivity index (χ0v) is 18.8. The fraction of sp³-hybridized carbons (Fsp3) is 0.667. The van der Waals surface area contributed by atoms with E-state index in [1.807, 2.05) is 6.92 Å². The van der Waals surface area contributed by atoms with Crippen LogP contribution in [0.4, 0.5) is 5.69 Å². The molecule has 0 bridgehead atoms. The van der Waals surface area contributed by atoms with Crippen LogP contribution in [0.1, 0.15) is 46.1 Å². The Morgan fingerprint density at radius 1 is 1.25 bits per heavy atom. The minimum Gasteiger partial charge on any atom is -0.369 e. The molecule has 7 heteroatoms. The molecule has 0 spiro atoms. The summed E-state index contributed by atoms with van der Waals surface area (Å²) in [6.07, 6.45) is 2.19. The van der Waals surface area contributed by atoms with Crippen molar-refractivity contribution in [2.24, 2.45) is 4.99 Å². The first kappa shape index (κ1) is 22.5. The number of hydrogen-bond acceptors (Lipinski definition) is 4. The average Bonchev–Trinajstić information content (AvgIpc) is 2.61. The van der Waals surface area contributed by atoms with E-state index in [-0.39, 0.29) is 18.3 Å². The topological polar surface area (TPSA) is 73.8 Å². The van der Waals surface area contributed by atoms with Crippen LogP contribution in [-0.4, -0.2) is 57.1 Å². The molecule has 1 aliphatic heterocycles. The van der Waals surface area contributed by atoms with Crippen LogP contribution in [0.15, 0.2) is 29.3 Å². The van der Waals surface area contributed by atoms with Crippen LogP contribution in [0.2, 0.25) is 0 Å². The fourth-order valence-corrected chi connectivity index (χ4v) is 4.13. The summed E-state index contributed by atoms with van der Waals surface area (Å²) in [5, 5.41) is 6.74. The van der Waals surface area contributed by atoms with Gasteiger partial charge in [0, 0.05) is 31.4 Å². The summed E-state index contributed by atoms with van der Waals surface area (Å²) in [6.45, 7) is 12.3. The van der Waals surface area contributed by atoms with E-state index in [4.69, 9.17) is 0 Å². The van der Waals surface area contributed by atoms with Gasteiger partial charge in [-0.2, -0.15) is 0 Å². The van der Waals surface area contributed by atoms with Gasteiger partial charge in [-0.1, -0.05) is 17.7 Å². The van der Waals surface area contributed by atoms with Crippen molar-refractivity contribution in [3.63, 3.8) is 0 Å². The van der Waals surface area contributed by atoms with E-state index in [2.05, 4.69) is 51.7 Å². The molecule has 1 unspecified atom stereocenters. The molecule has 2 rings (SSSR count). The summed E-state index contributed by atoms with van der Waals surface area (Å²) in [4.78, 5) is 6.91. The number of nitrogens with zero attached hydrogens (tertiary/aromatic N) is 2. The monoisotopic (exact) mass is 408 g/mol. The molecule has 1 heterocycles. The Labute approximate surface area is 170 Å².